The maximum absolute atomic E-state index is 6.21. The van der Waals surface area contributed by atoms with Gasteiger partial charge in [0.05, 0.1) is 5.52 Å². The van der Waals surface area contributed by atoms with E-state index in [1.54, 1.807) is 0 Å². The molecule has 0 aliphatic heterocycles. The number of hydrogen-bond donors (Lipinski definition) is 1. The number of unbranched alkanes of at least 4 members (excludes halogenated alkanes) is 3. The Labute approximate surface area is 136 Å². The molecule has 0 fully saturated rings. The number of nitrogens with one attached hydrogen (secondary N) is 1. The van der Waals surface area contributed by atoms with Gasteiger partial charge in [-0.15, -0.1) is 0 Å². The molecule has 0 aliphatic rings. The summed E-state index contributed by atoms with van der Waals surface area (Å²) < 4.78 is 0. The van der Waals surface area contributed by atoms with Crippen molar-refractivity contribution in [1.29, 1.82) is 0 Å². The van der Waals surface area contributed by atoms with E-state index in [1.807, 2.05) is 36.2 Å². The lowest BCUT2D eigenvalue weighted by molar-refractivity contribution is 0.600. The molecule has 0 radical (unpaired) electrons. The summed E-state index contributed by atoms with van der Waals surface area (Å²) >= 11 is 8.15. The predicted octanol–water partition coefficient (Wildman–Crippen LogP) is 4.90. The Bertz CT molecular complexity index is 559. The van der Waals surface area contributed by atoms with Gasteiger partial charge in [0.2, 0.25) is 0 Å². The summed E-state index contributed by atoms with van der Waals surface area (Å²) in [5.41, 5.74) is 2.23. The van der Waals surface area contributed by atoms with Gasteiger partial charge in [-0.05, 0) is 55.2 Å². The van der Waals surface area contributed by atoms with Gasteiger partial charge in [-0.1, -0.05) is 30.5 Å². The molecule has 1 aromatic heterocycles. The number of nitrogens with zero attached hydrogens (tertiary/aromatic N) is 1. The lowest BCUT2D eigenvalue weighted by Crippen LogP contribution is -2.15. The normalized spacial score (nSPS) is 11.1. The fraction of sp³-hybridized carbons (Fsp3) is 0.471. The molecule has 0 saturated carbocycles. The van der Waals surface area contributed by atoms with Gasteiger partial charge in [0, 0.05) is 23.2 Å². The zero-order valence-corrected chi connectivity index (χ0v) is 14.1. The Hall–Kier alpha value is -0.770. The fourth-order valence-electron chi connectivity index (χ4n) is 2.41. The van der Waals surface area contributed by atoms with Gasteiger partial charge in [0.25, 0.3) is 0 Å². The molecular weight excluding hydrogens is 300 g/mol. The van der Waals surface area contributed by atoms with Crippen molar-refractivity contribution in [1.82, 2.24) is 10.3 Å². The van der Waals surface area contributed by atoms with E-state index in [0.29, 0.717) is 0 Å². The Morgan fingerprint density at radius 2 is 2.00 bits per heavy atom. The average Bonchev–Trinajstić information content (AvgIpc) is 2.52. The number of aromatic nitrogens is 1. The minimum Gasteiger partial charge on any atom is -0.313 e. The van der Waals surface area contributed by atoms with E-state index < -0.39 is 0 Å². The first-order chi connectivity index (χ1) is 10.3. The van der Waals surface area contributed by atoms with Crippen LogP contribution in [0, 0.1) is 0 Å². The van der Waals surface area contributed by atoms with Crippen molar-refractivity contribution in [3.63, 3.8) is 0 Å². The SMILES string of the molecule is CSCCCCCCNCc1ccc(Cl)c2cccnc12. The van der Waals surface area contributed by atoms with Crippen LogP contribution in [-0.4, -0.2) is 23.5 Å². The molecule has 0 spiro atoms. The van der Waals surface area contributed by atoms with Gasteiger partial charge in [-0.2, -0.15) is 11.8 Å². The van der Waals surface area contributed by atoms with Crippen LogP contribution in [0.3, 0.4) is 0 Å². The zero-order valence-electron chi connectivity index (χ0n) is 12.6. The smallest absolute Gasteiger partial charge is 0.0761 e. The highest BCUT2D eigenvalue weighted by atomic mass is 35.5. The number of thioether (sulfide) groups is 1. The van der Waals surface area contributed by atoms with Crippen LogP contribution in [0.2, 0.25) is 5.02 Å². The van der Waals surface area contributed by atoms with E-state index in [9.17, 15) is 0 Å². The lowest BCUT2D eigenvalue weighted by Gasteiger charge is -2.08. The first-order valence-corrected chi connectivity index (χ1v) is 9.32. The van der Waals surface area contributed by atoms with Gasteiger partial charge in [0.1, 0.15) is 0 Å². The fourth-order valence-corrected chi connectivity index (χ4v) is 3.12. The van der Waals surface area contributed by atoms with Gasteiger partial charge in [-0.3, -0.25) is 4.98 Å². The Morgan fingerprint density at radius 3 is 2.86 bits per heavy atom. The minimum atomic E-state index is 0.774. The third-order valence-electron chi connectivity index (χ3n) is 3.57. The molecule has 114 valence electrons. The lowest BCUT2D eigenvalue weighted by atomic mass is 10.1. The minimum absolute atomic E-state index is 0.774. The molecule has 1 aromatic carbocycles. The number of pyridine rings is 1. The highest BCUT2D eigenvalue weighted by Gasteiger charge is 2.04. The van der Waals surface area contributed by atoms with Crippen molar-refractivity contribution >= 4 is 34.3 Å². The van der Waals surface area contributed by atoms with E-state index in [2.05, 4.69) is 22.6 Å². The standard InChI is InChI=1S/C17H23ClN2S/c1-21-12-5-3-2-4-10-19-13-14-8-9-16(18)15-7-6-11-20-17(14)15/h6-9,11,19H,2-5,10,12-13H2,1H3. The van der Waals surface area contributed by atoms with Crippen LogP contribution in [0.4, 0.5) is 0 Å². The summed E-state index contributed by atoms with van der Waals surface area (Å²) in [5, 5.41) is 5.33. The first kappa shape index (κ1) is 16.6. The maximum Gasteiger partial charge on any atom is 0.0761 e. The molecule has 0 amide bonds. The van der Waals surface area contributed by atoms with Crippen molar-refractivity contribution < 1.29 is 0 Å². The van der Waals surface area contributed by atoms with Crippen LogP contribution < -0.4 is 5.32 Å². The first-order valence-electron chi connectivity index (χ1n) is 7.54. The highest BCUT2D eigenvalue weighted by molar-refractivity contribution is 7.98. The molecule has 0 aliphatic carbocycles. The van der Waals surface area contributed by atoms with Crippen LogP contribution in [0.5, 0.6) is 0 Å². The second-order valence-electron chi connectivity index (χ2n) is 5.19. The Morgan fingerprint density at radius 1 is 1.14 bits per heavy atom. The number of hydrogen-bond acceptors (Lipinski definition) is 3. The van der Waals surface area contributed by atoms with E-state index in [0.717, 1.165) is 29.0 Å². The molecule has 21 heavy (non-hydrogen) atoms. The second-order valence-corrected chi connectivity index (χ2v) is 6.58. The molecule has 0 unspecified atom stereocenters. The van der Waals surface area contributed by atoms with Crippen molar-refractivity contribution in [2.45, 2.75) is 32.2 Å². The summed E-state index contributed by atoms with van der Waals surface area (Å²) in [6.07, 6.45) is 9.24. The van der Waals surface area contributed by atoms with Crippen LogP contribution in [-0.2, 0) is 6.54 Å². The molecule has 1 N–H and O–H groups in total. The summed E-state index contributed by atoms with van der Waals surface area (Å²) in [6.45, 7) is 1.92. The molecule has 2 aromatic rings. The van der Waals surface area contributed by atoms with Crippen LogP contribution in [0.1, 0.15) is 31.2 Å². The van der Waals surface area contributed by atoms with E-state index in [4.69, 9.17) is 11.6 Å². The molecule has 0 bridgehead atoms. The molecule has 2 nitrogen and oxygen atoms in total. The molecule has 0 atom stereocenters. The quantitative estimate of drug-likeness (QED) is 0.664. The topological polar surface area (TPSA) is 24.9 Å². The Balaban J connectivity index is 1.78. The predicted molar refractivity (Wildman–Crippen MR) is 95.3 cm³/mol. The number of halogens is 1. The van der Waals surface area contributed by atoms with Crippen LogP contribution in [0.15, 0.2) is 30.5 Å². The Kier molecular flexibility index (Phi) is 7.34. The van der Waals surface area contributed by atoms with E-state index in [-0.39, 0.29) is 0 Å². The van der Waals surface area contributed by atoms with Crippen molar-refractivity contribution in [2.24, 2.45) is 0 Å². The average molecular weight is 323 g/mol. The van der Waals surface area contributed by atoms with Crippen molar-refractivity contribution in [3.05, 3.63) is 41.0 Å². The maximum atomic E-state index is 6.21. The van der Waals surface area contributed by atoms with Gasteiger partial charge in [-0.25, -0.2) is 0 Å². The summed E-state index contributed by atoms with van der Waals surface area (Å²) in [7, 11) is 0. The molecule has 1 heterocycles. The molecule has 0 saturated heterocycles. The van der Waals surface area contributed by atoms with Gasteiger partial charge >= 0.3 is 0 Å². The summed E-state index contributed by atoms with van der Waals surface area (Å²) in [4.78, 5) is 4.46. The van der Waals surface area contributed by atoms with Gasteiger partial charge in [0.15, 0.2) is 0 Å². The largest absolute Gasteiger partial charge is 0.313 e. The number of fused-ring (bicyclic) bond motifs is 1. The second kappa shape index (κ2) is 9.29. The monoisotopic (exact) mass is 322 g/mol. The molecular formula is C17H23ClN2S. The van der Waals surface area contributed by atoms with Crippen LogP contribution in [0.25, 0.3) is 10.9 Å². The zero-order chi connectivity index (χ0) is 14.9. The number of benzene rings is 1. The summed E-state index contributed by atoms with van der Waals surface area (Å²) in [5.74, 6) is 1.29. The van der Waals surface area contributed by atoms with Crippen LogP contribution >= 0.6 is 23.4 Å². The van der Waals surface area contributed by atoms with Gasteiger partial charge < -0.3 is 5.32 Å². The number of rotatable bonds is 9. The third-order valence-corrected chi connectivity index (χ3v) is 4.59. The highest BCUT2D eigenvalue weighted by Crippen LogP contribution is 2.24. The van der Waals surface area contributed by atoms with Crippen molar-refractivity contribution in [2.75, 3.05) is 18.6 Å². The molecule has 2 rings (SSSR count). The third kappa shape index (κ3) is 5.17. The van der Waals surface area contributed by atoms with E-state index >= 15 is 0 Å². The summed E-state index contributed by atoms with van der Waals surface area (Å²) in [6, 6.07) is 7.99. The van der Waals surface area contributed by atoms with E-state index in [1.165, 1.54) is 37.0 Å². The van der Waals surface area contributed by atoms with Crippen molar-refractivity contribution in [3.8, 4) is 0 Å². The molecule has 4 heteroatoms.